The third kappa shape index (κ3) is 2.70. The van der Waals surface area contributed by atoms with Gasteiger partial charge in [-0.3, -0.25) is 0 Å². The van der Waals surface area contributed by atoms with E-state index in [2.05, 4.69) is 19.7 Å². The summed E-state index contributed by atoms with van der Waals surface area (Å²) in [5.74, 6) is 0. The predicted octanol–water partition coefficient (Wildman–Crippen LogP) is 1.31. The quantitative estimate of drug-likeness (QED) is 0.471. The summed E-state index contributed by atoms with van der Waals surface area (Å²) in [5, 5.41) is 0. The maximum absolute atomic E-state index is 5.41. The number of hydrogen-bond donors (Lipinski definition) is 2. The highest BCUT2D eigenvalue weighted by atomic mass is 14.8. The first kappa shape index (κ1) is 10.1. The van der Waals surface area contributed by atoms with E-state index < -0.39 is 6.17 Å². The molecule has 0 aliphatic heterocycles. The van der Waals surface area contributed by atoms with Crippen LogP contribution in [0.25, 0.3) is 0 Å². The van der Waals surface area contributed by atoms with Crippen molar-refractivity contribution in [3.8, 4) is 0 Å². The summed E-state index contributed by atoms with van der Waals surface area (Å²) in [6, 6.07) is 0. The molecule has 0 saturated heterocycles. The van der Waals surface area contributed by atoms with E-state index in [0.29, 0.717) is 5.57 Å². The molecule has 0 amide bonds. The van der Waals surface area contributed by atoms with Gasteiger partial charge in [-0.1, -0.05) is 26.7 Å². The van der Waals surface area contributed by atoms with Crippen LogP contribution in [-0.4, -0.2) is 6.17 Å². The van der Waals surface area contributed by atoms with Crippen LogP contribution in [0.3, 0.4) is 0 Å². The molecule has 0 unspecified atom stereocenters. The second kappa shape index (κ2) is 4.11. The van der Waals surface area contributed by atoms with Crippen LogP contribution in [0.1, 0.15) is 13.3 Å². The van der Waals surface area contributed by atoms with Gasteiger partial charge in [-0.15, -0.1) is 0 Å². The topological polar surface area (TPSA) is 52.0 Å². The Morgan fingerprint density at radius 3 is 2.00 bits per heavy atom. The highest BCUT2D eigenvalue weighted by Gasteiger charge is 2.06. The van der Waals surface area contributed by atoms with E-state index in [0.717, 1.165) is 17.6 Å². The van der Waals surface area contributed by atoms with Crippen LogP contribution in [-0.2, 0) is 0 Å². The van der Waals surface area contributed by atoms with E-state index >= 15 is 0 Å². The Morgan fingerprint density at radius 2 is 1.73 bits per heavy atom. The van der Waals surface area contributed by atoms with Gasteiger partial charge in [-0.25, -0.2) is 0 Å². The molecule has 0 saturated carbocycles. The Bertz CT molecular complexity index is 190. The molecule has 0 aromatic carbocycles. The van der Waals surface area contributed by atoms with Crippen LogP contribution in [0.4, 0.5) is 0 Å². The van der Waals surface area contributed by atoms with Crippen molar-refractivity contribution in [2.45, 2.75) is 19.5 Å². The first-order valence-corrected chi connectivity index (χ1v) is 3.58. The molecule has 0 spiro atoms. The second-order valence-corrected chi connectivity index (χ2v) is 2.49. The lowest BCUT2D eigenvalue weighted by Crippen LogP contribution is -2.32. The Hall–Kier alpha value is -0.860. The maximum atomic E-state index is 5.41. The smallest absolute Gasteiger partial charge is 0.0784 e. The van der Waals surface area contributed by atoms with E-state index in [1.807, 2.05) is 6.92 Å². The third-order valence-corrected chi connectivity index (χ3v) is 1.64. The van der Waals surface area contributed by atoms with Crippen molar-refractivity contribution in [3.63, 3.8) is 0 Å². The minimum absolute atomic E-state index is 0.522. The van der Waals surface area contributed by atoms with Crippen LogP contribution in [0.15, 0.2) is 36.5 Å². The summed E-state index contributed by atoms with van der Waals surface area (Å²) in [6.07, 6.45) is 0.329. The highest BCUT2D eigenvalue weighted by Crippen LogP contribution is 2.17. The van der Waals surface area contributed by atoms with Gasteiger partial charge >= 0.3 is 0 Å². The van der Waals surface area contributed by atoms with E-state index in [9.17, 15) is 0 Å². The molecular weight excluding hydrogens is 136 g/mol. The molecule has 2 heteroatoms. The molecule has 0 atom stereocenters. The first-order chi connectivity index (χ1) is 5.00. The van der Waals surface area contributed by atoms with Gasteiger partial charge in [0.25, 0.3) is 0 Å². The number of rotatable bonds is 4. The lowest BCUT2D eigenvalue weighted by molar-refractivity contribution is 0.828. The number of allylic oxidation sites excluding steroid dienone is 1. The monoisotopic (exact) mass is 152 g/mol. The summed E-state index contributed by atoms with van der Waals surface area (Å²) in [5.41, 5.74) is 13.2. The minimum Gasteiger partial charge on any atom is -0.312 e. The Labute approximate surface area is 68.3 Å². The molecule has 0 aromatic heterocycles. The van der Waals surface area contributed by atoms with Gasteiger partial charge in [0.05, 0.1) is 6.17 Å². The van der Waals surface area contributed by atoms with Crippen molar-refractivity contribution in [3.05, 3.63) is 36.5 Å². The minimum atomic E-state index is -0.522. The molecule has 0 fully saturated rings. The fourth-order valence-corrected chi connectivity index (χ4v) is 0.642. The average molecular weight is 152 g/mol. The average Bonchev–Trinajstić information content (AvgIpc) is 2.00. The van der Waals surface area contributed by atoms with Crippen LogP contribution in [0.5, 0.6) is 0 Å². The van der Waals surface area contributed by atoms with Gasteiger partial charge in [-0.2, -0.15) is 0 Å². The third-order valence-electron chi connectivity index (χ3n) is 1.64. The second-order valence-electron chi connectivity index (χ2n) is 2.49. The molecule has 62 valence electrons. The van der Waals surface area contributed by atoms with Crippen LogP contribution in [0, 0.1) is 0 Å². The normalized spacial score (nSPS) is 9.82. The molecule has 0 aliphatic rings. The van der Waals surface area contributed by atoms with E-state index in [-0.39, 0.29) is 0 Å². The summed E-state index contributed by atoms with van der Waals surface area (Å²) in [4.78, 5) is 0. The summed E-state index contributed by atoms with van der Waals surface area (Å²) < 4.78 is 0. The van der Waals surface area contributed by atoms with E-state index in [1.54, 1.807) is 0 Å². The van der Waals surface area contributed by atoms with Crippen molar-refractivity contribution in [1.29, 1.82) is 0 Å². The van der Waals surface area contributed by atoms with Crippen LogP contribution < -0.4 is 11.5 Å². The zero-order valence-electron chi connectivity index (χ0n) is 7.06. The lowest BCUT2D eigenvalue weighted by Gasteiger charge is -2.13. The maximum Gasteiger partial charge on any atom is 0.0784 e. The fraction of sp³-hybridized carbons (Fsp3) is 0.333. The van der Waals surface area contributed by atoms with Gasteiger partial charge in [-0.05, 0) is 23.1 Å². The van der Waals surface area contributed by atoms with Gasteiger partial charge < -0.3 is 11.5 Å². The Balaban J connectivity index is 4.26. The van der Waals surface area contributed by atoms with Gasteiger partial charge in [0.15, 0.2) is 0 Å². The van der Waals surface area contributed by atoms with Crippen molar-refractivity contribution in [2.24, 2.45) is 11.5 Å². The molecule has 0 aliphatic carbocycles. The fourth-order valence-electron chi connectivity index (χ4n) is 0.642. The van der Waals surface area contributed by atoms with Gasteiger partial charge in [0.2, 0.25) is 0 Å². The zero-order chi connectivity index (χ0) is 9.02. The van der Waals surface area contributed by atoms with Crippen molar-refractivity contribution < 1.29 is 0 Å². The van der Waals surface area contributed by atoms with Crippen molar-refractivity contribution in [1.82, 2.24) is 0 Å². The largest absolute Gasteiger partial charge is 0.312 e. The molecule has 0 bridgehead atoms. The Kier molecular flexibility index (Phi) is 3.79. The molecule has 4 N–H and O–H groups in total. The van der Waals surface area contributed by atoms with Crippen molar-refractivity contribution in [2.75, 3.05) is 0 Å². The van der Waals surface area contributed by atoms with E-state index in [1.165, 1.54) is 0 Å². The summed E-state index contributed by atoms with van der Waals surface area (Å²) >= 11 is 0. The molecule has 0 radical (unpaired) electrons. The lowest BCUT2D eigenvalue weighted by atomic mass is 9.99. The SMILES string of the molecule is C=C(CC)C(=C)C(=C)C(N)N. The molecule has 0 aromatic rings. The Morgan fingerprint density at radius 1 is 1.27 bits per heavy atom. The van der Waals surface area contributed by atoms with Gasteiger partial charge in [0, 0.05) is 0 Å². The molecule has 2 nitrogen and oxygen atoms in total. The first-order valence-electron chi connectivity index (χ1n) is 3.58. The molecule has 11 heavy (non-hydrogen) atoms. The van der Waals surface area contributed by atoms with Gasteiger partial charge in [0.1, 0.15) is 0 Å². The summed E-state index contributed by atoms with van der Waals surface area (Å²) in [6.45, 7) is 13.3. The molecule has 0 rings (SSSR count). The number of nitrogens with two attached hydrogens (primary N) is 2. The molecular formula is C9H16N2. The van der Waals surface area contributed by atoms with Crippen LogP contribution >= 0.6 is 0 Å². The highest BCUT2D eigenvalue weighted by molar-refractivity contribution is 5.43. The summed E-state index contributed by atoms with van der Waals surface area (Å²) in [7, 11) is 0. The zero-order valence-corrected chi connectivity index (χ0v) is 7.06. The standard InChI is InChI=1S/C9H16N2/c1-5-6(2)7(3)8(4)9(10)11/h9H,2-5,10-11H2,1H3. The molecule has 0 heterocycles. The van der Waals surface area contributed by atoms with Crippen molar-refractivity contribution >= 4 is 0 Å². The van der Waals surface area contributed by atoms with E-state index in [4.69, 9.17) is 11.5 Å². The number of hydrogen-bond acceptors (Lipinski definition) is 2. The van der Waals surface area contributed by atoms with Crippen LogP contribution in [0.2, 0.25) is 0 Å². The predicted molar refractivity (Wildman–Crippen MR) is 49.9 cm³/mol.